The average molecular weight is 290 g/mol. The molecule has 0 atom stereocenters. The van der Waals surface area contributed by atoms with Gasteiger partial charge in [0.1, 0.15) is 18.2 Å². The highest BCUT2D eigenvalue weighted by molar-refractivity contribution is 5.36. The Bertz CT molecular complexity index is 647. The minimum Gasteiger partial charge on any atom is -0.489 e. The summed E-state index contributed by atoms with van der Waals surface area (Å²) in [5.74, 6) is 0.189. The zero-order chi connectivity index (χ0) is 15.2. The van der Waals surface area contributed by atoms with Crippen LogP contribution in [0.15, 0.2) is 42.5 Å². The van der Waals surface area contributed by atoms with Gasteiger partial charge in [0.2, 0.25) is 0 Å². The second-order valence-electron chi connectivity index (χ2n) is 4.51. The lowest BCUT2D eigenvalue weighted by Gasteiger charge is -2.11. The molecule has 0 saturated carbocycles. The third-order valence-electron chi connectivity index (χ3n) is 2.95. The van der Waals surface area contributed by atoms with Gasteiger partial charge in [-0.1, -0.05) is 12.1 Å². The van der Waals surface area contributed by atoms with Gasteiger partial charge in [-0.2, -0.15) is 0 Å². The molecule has 2 aromatic rings. The van der Waals surface area contributed by atoms with E-state index in [0.717, 1.165) is 0 Å². The predicted octanol–water partition coefficient (Wildman–Crippen LogP) is 2.81. The first-order valence-corrected chi connectivity index (χ1v) is 6.45. The number of nitro benzene ring substituents is 1. The fraction of sp³-hybridized carbons (Fsp3) is 0.200. The van der Waals surface area contributed by atoms with Crippen LogP contribution in [0.1, 0.15) is 11.1 Å². The summed E-state index contributed by atoms with van der Waals surface area (Å²) in [4.78, 5) is 10.3. The summed E-state index contributed by atoms with van der Waals surface area (Å²) < 4.78 is 18.8. The van der Waals surface area contributed by atoms with Gasteiger partial charge in [0.25, 0.3) is 5.69 Å². The van der Waals surface area contributed by atoms with Gasteiger partial charge < -0.3 is 10.5 Å². The van der Waals surface area contributed by atoms with Gasteiger partial charge >= 0.3 is 0 Å². The molecule has 0 amide bonds. The summed E-state index contributed by atoms with van der Waals surface area (Å²) in [5.41, 5.74) is 6.86. The molecule has 2 aromatic carbocycles. The van der Waals surface area contributed by atoms with Crippen molar-refractivity contribution in [2.24, 2.45) is 5.73 Å². The first-order chi connectivity index (χ1) is 10.1. The number of nitrogens with two attached hydrogens (primary N) is 1. The smallest absolute Gasteiger partial charge is 0.269 e. The Balaban J connectivity index is 2.12. The number of nitro groups is 1. The Kier molecular flexibility index (Phi) is 4.84. The Morgan fingerprint density at radius 3 is 2.76 bits per heavy atom. The zero-order valence-electron chi connectivity index (χ0n) is 11.3. The van der Waals surface area contributed by atoms with E-state index in [0.29, 0.717) is 29.8 Å². The summed E-state index contributed by atoms with van der Waals surface area (Å²) in [6, 6.07) is 10.4. The molecular weight excluding hydrogens is 275 g/mol. The monoisotopic (exact) mass is 290 g/mol. The van der Waals surface area contributed by atoms with Crippen LogP contribution in [0, 0.1) is 15.9 Å². The molecule has 0 aliphatic carbocycles. The van der Waals surface area contributed by atoms with Crippen LogP contribution < -0.4 is 10.5 Å². The lowest BCUT2D eigenvalue weighted by atomic mass is 10.1. The largest absolute Gasteiger partial charge is 0.489 e. The molecule has 0 fully saturated rings. The maximum absolute atomic E-state index is 13.2. The summed E-state index contributed by atoms with van der Waals surface area (Å²) in [6.07, 6.45) is 0.502. The highest BCUT2D eigenvalue weighted by Crippen LogP contribution is 2.22. The number of rotatable bonds is 6. The van der Waals surface area contributed by atoms with Gasteiger partial charge in [0.05, 0.1) is 4.92 Å². The fourth-order valence-corrected chi connectivity index (χ4v) is 1.96. The number of benzene rings is 2. The number of nitrogens with zero attached hydrogens (tertiary/aromatic N) is 1. The molecule has 0 aliphatic heterocycles. The van der Waals surface area contributed by atoms with Crippen LogP contribution in [0.4, 0.5) is 10.1 Å². The summed E-state index contributed by atoms with van der Waals surface area (Å²) >= 11 is 0. The van der Waals surface area contributed by atoms with Crippen LogP contribution in [0.5, 0.6) is 5.75 Å². The molecule has 5 nitrogen and oxygen atoms in total. The molecule has 110 valence electrons. The topological polar surface area (TPSA) is 78.4 Å². The van der Waals surface area contributed by atoms with Gasteiger partial charge in [0.15, 0.2) is 0 Å². The van der Waals surface area contributed by atoms with Gasteiger partial charge in [-0.15, -0.1) is 0 Å². The van der Waals surface area contributed by atoms with Crippen molar-refractivity contribution in [1.29, 1.82) is 0 Å². The Hall–Kier alpha value is -2.47. The van der Waals surface area contributed by atoms with Crippen LogP contribution >= 0.6 is 0 Å². The van der Waals surface area contributed by atoms with E-state index in [9.17, 15) is 14.5 Å². The number of halogens is 1. The van der Waals surface area contributed by atoms with Crippen molar-refractivity contribution in [1.82, 2.24) is 0 Å². The molecule has 21 heavy (non-hydrogen) atoms. The van der Waals surface area contributed by atoms with E-state index in [2.05, 4.69) is 0 Å². The summed E-state index contributed by atoms with van der Waals surface area (Å²) in [7, 11) is 0. The summed E-state index contributed by atoms with van der Waals surface area (Å²) in [6.45, 7) is 0.557. The van der Waals surface area contributed by atoms with Gasteiger partial charge in [-0.3, -0.25) is 10.1 Å². The van der Waals surface area contributed by atoms with Crippen molar-refractivity contribution in [3.05, 3.63) is 69.5 Å². The molecule has 0 spiro atoms. The SMILES string of the molecule is NCCc1cc(F)ccc1OCc1cccc([N+](=O)[O-])c1. The predicted molar refractivity (Wildman–Crippen MR) is 76.6 cm³/mol. The van der Waals surface area contributed by atoms with E-state index in [1.807, 2.05) is 0 Å². The van der Waals surface area contributed by atoms with Gasteiger partial charge in [0, 0.05) is 12.1 Å². The second-order valence-corrected chi connectivity index (χ2v) is 4.51. The number of hydrogen-bond acceptors (Lipinski definition) is 4. The molecule has 0 unspecified atom stereocenters. The molecule has 0 aliphatic rings. The van der Waals surface area contributed by atoms with E-state index >= 15 is 0 Å². The number of ether oxygens (including phenoxy) is 1. The number of non-ortho nitro benzene ring substituents is 1. The maximum Gasteiger partial charge on any atom is 0.269 e. The van der Waals surface area contributed by atoms with Crippen molar-refractivity contribution in [3.8, 4) is 5.75 Å². The second kappa shape index (κ2) is 6.81. The van der Waals surface area contributed by atoms with Gasteiger partial charge in [-0.05, 0) is 42.3 Å². The van der Waals surface area contributed by atoms with Crippen LogP contribution in [0.2, 0.25) is 0 Å². The third kappa shape index (κ3) is 4.00. The molecule has 0 bridgehead atoms. The number of hydrogen-bond donors (Lipinski definition) is 1. The lowest BCUT2D eigenvalue weighted by Crippen LogP contribution is -2.06. The van der Waals surface area contributed by atoms with E-state index in [4.69, 9.17) is 10.5 Å². The molecule has 0 saturated heterocycles. The fourth-order valence-electron chi connectivity index (χ4n) is 1.96. The molecular formula is C15H15FN2O3. The Morgan fingerprint density at radius 2 is 2.05 bits per heavy atom. The van der Waals surface area contributed by atoms with Crippen molar-refractivity contribution in [3.63, 3.8) is 0 Å². The van der Waals surface area contributed by atoms with E-state index in [-0.39, 0.29) is 18.1 Å². The molecule has 2 N–H and O–H groups in total. The Morgan fingerprint density at radius 1 is 1.24 bits per heavy atom. The van der Waals surface area contributed by atoms with Crippen molar-refractivity contribution >= 4 is 5.69 Å². The highest BCUT2D eigenvalue weighted by atomic mass is 19.1. The van der Waals surface area contributed by atoms with Crippen LogP contribution in [0.25, 0.3) is 0 Å². The summed E-state index contributed by atoms with van der Waals surface area (Å²) in [5, 5.41) is 10.7. The third-order valence-corrected chi connectivity index (χ3v) is 2.95. The van der Waals surface area contributed by atoms with Crippen LogP contribution in [-0.4, -0.2) is 11.5 Å². The molecule has 0 heterocycles. The van der Waals surface area contributed by atoms with Crippen LogP contribution in [-0.2, 0) is 13.0 Å². The normalized spacial score (nSPS) is 10.4. The van der Waals surface area contributed by atoms with Crippen molar-refractivity contribution in [2.75, 3.05) is 6.54 Å². The van der Waals surface area contributed by atoms with E-state index in [1.54, 1.807) is 12.1 Å². The lowest BCUT2D eigenvalue weighted by molar-refractivity contribution is -0.384. The average Bonchev–Trinajstić information content (AvgIpc) is 2.47. The van der Waals surface area contributed by atoms with Crippen molar-refractivity contribution in [2.45, 2.75) is 13.0 Å². The van der Waals surface area contributed by atoms with Crippen molar-refractivity contribution < 1.29 is 14.1 Å². The van der Waals surface area contributed by atoms with E-state index < -0.39 is 4.92 Å². The van der Waals surface area contributed by atoms with E-state index in [1.165, 1.54) is 30.3 Å². The molecule has 0 aromatic heterocycles. The zero-order valence-corrected chi connectivity index (χ0v) is 11.3. The van der Waals surface area contributed by atoms with Gasteiger partial charge in [-0.25, -0.2) is 4.39 Å². The first kappa shape index (κ1) is 14.9. The first-order valence-electron chi connectivity index (χ1n) is 6.45. The minimum atomic E-state index is -0.457. The molecule has 6 heteroatoms. The standard InChI is InChI=1S/C15H15FN2O3/c16-13-4-5-15(12(9-13)6-7-17)21-10-11-2-1-3-14(8-11)18(19)20/h1-5,8-9H,6-7,10,17H2. The maximum atomic E-state index is 13.2. The minimum absolute atomic E-state index is 0.0115. The quantitative estimate of drug-likeness (QED) is 0.655. The Labute approximate surface area is 121 Å². The van der Waals surface area contributed by atoms with Crippen LogP contribution in [0.3, 0.4) is 0 Å². The highest BCUT2D eigenvalue weighted by Gasteiger charge is 2.08. The molecule has 2 rings (SSSR count). The molecule has 0 radical (unpaired) electrons.